The SMILES string of the molecule is CCc1ccccc1NC(=O)CSC(=O)CNC(=O)[C@@H](C)C(C)C. The number of carbonyl (C=O) groups is 3. The maximum absolute atomic E-state index is 11.9. The zero-order valence-electron chi connectivity index (χ0n) is 14.7. The number of amides is 2. The minimum absolute atomic E-state index is 0.0342. The Morgan fingerprint density at radius 3 is 2.42 bits per heavy atom. The van der Waals surface area contributed by atoms with Gasteiger partial charge in [0.05, 0.1) is 12.3 Å². The summed E-state index contributed by atoms with van der Waals surface area (Å²) in [4.78, 5) is 35.5. The van der Waals surface area contributed by atoms with Crippen LogP contribution in [-0.4, -0.2) is 29.2 Å². The summed E-state index contributed by atoms with van der Waals surface area (Å²) in [5, 5.41) is 5.21. The number of anilines is 1. The fourth-order valence-corrected chi connectivity index (χ4v) is 2.50. The van der Waals surface area contributed by atoms with Gasteiger partial charge in [-0.3, -0.25) is 14.4 Å². The monoisotopic (exact) mass is 350 g/mol. The van der Waals surface area contributed by atoms with Crippen molar-refractivity contribution >= 4 is 34.4 Å². The second-order valence-corrected chi connectivity index (χ2v) is 7.00. The quantitative estimate of drug-likeness (QED) is 0.756. The third kappa shape index (κ3) is 6.74. The van der Waals surface area contributed by atoms with E-state index in [0.717, 1.165) is 29.4 Å². The first-order valence-corrected chi connectivity index (χ1v) is 9.14. The number of carbonyl (C=O) groups excluding carboxylic acids is 3. The molecule has 0 heterocycles. The number of para-hydroxylation sites is 1. The second kappa shape index (κ2) is 10.1. The molecule has 0 aliphatic heterocycles. The third-order valence-corrected chi connectivity index (χ3v) is 4.73. The van der Waals surface area contributed by atoms with Gasteiger partial charge in [-0.2, -0.15) is 0 Å². The average Bonchev–Trinajstić information content (AvgIpc) is 2.57. The van der Waals surface area contributed by atoms with E-state index in [1.807, 2.05) is 52.0 Å². The fourth-order valence-electron chi connectivity index (χ4n) is 1.96. The maximum Gasteiger partial charge on any atom is 0.234 e. The summed E-state index contributed by atoms with van der Waals surface area (Å²) in [5.74, 6) is -0.253. The van der Waals surface area contributed by atoms with E-state index in [1.54, 1.807) is 0 Å². The van der Waals surface area contributed by atoms with Crippen molar-refractivity contribution in [1.29, 1.82) is 0 Å². The highest BCUT2D eigenvalue weighted by atomic mass is 32.2. The largest absolute Gasteiger partial charge is 0.348 e. The number of rotatable bonds is 8. The Bertz CT molecular complexity index is 587. The molecule has 6 heteroatoms. The average molecular weight is 350 g/mol. The molecule has 0 saturated carbocycles. The lowest BCUT2D eigenvalue weighted by molar-refractivity contribution is -0.127. The Balaban J connectivity index is 2.36. The zero-order chi connectivity index (χ0) is 18.1. The summed E-state index contributed by atoms with van der Waals surface area (Å²) in [6.07, 6.45) is 0.822. The molecule has 1 aromatic rings. The van der Waals surface area contributed by atoms with Gasteiger partial charge in [0.25, 0.3) is 0 Å². The lowest BCUT2D eigenvalue weighted by Gasteiger charge is -2.14. The van der Waals surface area contributed by atoms with E-state index >= 15 is 0 Å². The standard InChI is InChI=1S/C18H26N2O3S/c1-5-14-8-6-7-9-15(14)20-16(21)11-24-17(22)10-19-18(23)13(4)12(2)3/h6-9,12-13H,5,10-11H2,1-4H3,(H,19,23)(H,20,21)/t13-/m0/s1. The predicted molar refractivity (Wildman–Crippen MR) is 98.9 cm³/mol. The van der Waals surface area contributed by atoms with E-state index in [0.29, 0.717) is 0 Å². The molecule has 0 fully saturated rings. The van der Waals surface area contributed by atoms with E-state index in [1.165, 1.54) is 0 Å². The Morgan fingerprint density at radius 2 is 1.79 bits per heavy atom. The Kier molecular flexibility index (Phi) is 8.54. The summed E-state index contributed by atoms with van der Waals surface area (Å²) >= 11 is 0.914. The summed E-state index contributed by atoms with van der Waals surface area (Å²) in [6.45, 7) is 7.71. The topological polar surface area (TPSA) is 75.3 Å². The van der Waals surface area contributed by atoms with Gasteiger partial charge in [0.2, 0.25) is 16.9 Å². The summed E-state index contributed by atoms with van der Waals surface area (Å²) in [7, 11) is 0. The lowest BCUT2D eigenvalue weighted by atomic mass is 9.97. The Morgan fingerprint density at radius 1 is 1.12 bits per heavy atom. The third-order valence-electron chi connectivity index (χ3n) is 3.86. The van der Waals surface area contributed by atoms with Crippen LogP contribution in [0.4, 0.5) is 5.69 Å². The highest BCUT2D eigenvalue weighted by Crippen LogP contribution is 2.16. The molecule has 0 spiro atoms. The van der Waals surface area contributed by atoms with Gasteiger partial charge in [-0.05, 0) is 24.0 Å². The normalized spacial score (nSPS) is 11.9. The number of aryl methyl sites for hydroxylation is 1. The summed E-state index contributed by atoms with van der Waals surface area (Å²) in [5.41, 5.74) is 1.83. The molecule has 0 aliphatic rings. The molecule has 0 aliphatic carbocycles. The minimum Gasteiger partial charge on any atom is -0.348 e. The number of nitrogens with one attached hydrogen (secondary N) is 2. The molecule has 1 rings (SSSR count). The van der Waals surface area contributed by atoms with Crippen LogP contribution < -0.4 is 10.6 Å². The predicted octanol–water partition coefficient (Wildman–Crippen LogP) is 2.86. The molecule has 24 heavy (non-hydrogen) atoms. The van der Waals surface area contributed by atoms with Crippen molar-refractivity contribution in [3.8, 4) is 0 Å². The molecule has 2 N–H and O–H groups in total. The van der Waals surface area contributed by atoms with Crippen LogP contribution in [0.25, 0.3) is 0 Å². The van der Waals surface area contributed by atoms with Gasteiger partial charge < -0.3 is 10.6 Å². The molecule has 1 atom stereocenters. The van der Waals surface area contributed by atoms with Crippen molar-refractivity contribution in [2.75, 3.05) is 17.6 Å². The van der Waals surface area contributed by atoms with Gasteiger partial charge in [0.1, 0.15) is 0 Å². The van der Waals surface area contributed by atoms with Gasteiger partial charge in [-0.15, -0.1) is 0 Å². The second-order valence-electron chi connectivity index (χ2n) is 5.97. The summed E-state index contributed by atoms with van der Waals surface area (Å²) in [6, 6.07) is 7.59. The molecule has 132 valence electrons. The molecule has 2 amide bonds. The van der Waals surface area contributed by atoms with Gasteiger partial charge in [0, 0.05) is 11.6 Å². The van der Waals surface area contributed by atoms with Crippen molar-refractivity contribution in [2.24, 2.45) is 11.8 Å². The zero-order valence-corrected chi connectivity index (χ0v) is 15.5. The van der Waals surface area contributed by atoms with Crippen molar-refractivity contribution in [2.45, 2.75) is 34.1 Å². The van der Waals surface area contributed by atoms with Crippen LogP contribution >= 0.6 is 11.8 Å². The number of hydrogen-bond acceptors (Lipinski definition) is 4. The maximum atomic E-state index is 11.9. The van der Waals surface area contributed by atoms with E-state index in [9.17, 15) is 14.4 Å². The van der Waals surface area contributed by atoms with Gasteiger partial charge in [-0.25, -0.2) is 0 Å². The van der Waals surface area contributed by atoms with Crippen molar-refractivity contribution in [3.63, 3.8) is 0 Å². The van der Waals surface area contributed by atoms with Crippen LogP contribution in [0.15, 0.2) is 24.3 Å². The Labute approximate surface area is 148 Å². The Hall–Kier alpha value is -1.82. The van der Waals surface area contributed by atoms with E-state index in [4.69, 9.17) is 0 Å². The van der Waals surface area contributed by atoms with E-state index < -0.39 is 0 Å². The van der Waals surface area contributed by atoms with Crippen LogP contribution in [0, 0.1) is 11.8 Å². The smallest absolute Gasteiger partial charge is 0.234 e. The molecule has 0 aromatic heterocycles. The van der Waals surface area contributed by atoms with Crippen LogP contribution in [-0.2, 0) is 20.8 Å². The van der Waals surface area contributed by atoms with Gasteiger partial charge >= 0.3 is 0 Å². The van der Waals surface area contributed by atoms with Crippen LogP contribution in [0.2, 0.25) is 0 Å². The molecule has 0 unspecified atom stereocenters. The first-order valence-electron chi connectivity index (χ1n) is 8.16. The van der Waals surface area contributed by atoms with Crippen molar-refractivity contribution < 1.29 is 14.4 Å². The molecular formula is C18H26N2O3S. The van der Waals surface area contributed by atoms with Gasteiger partial charge in [0.15, 0.2) is 0 Å². The molecule has 0 saturated heterocycles. The molecule has 5 nitrogen and oxygen atoms in total. The highest BCUT2D eigenvalue weighted by molar-refractivity contribution is 8.14. The van der Waals surface area contributed by atoms with Crippen LogP contribution in [0.5, 0.6) is 0 Å². The minimum atomic E-state index is -0.226. The van der Waals surface area contributed by atoms with Gasteiger partial charge in [-0.1, -0.05) is 57.7 Å². The van der Waals surface area contributed by atoms with Crippen molar-refractivity contribution in [1.82, 2.24) is 5.32 Å². The first-order chi connectivity index (χ1) is 11.3. The van der Waals surface area contributed by atoms with E-state index in [2.05, 4.69) is 10.6 Å². The van der Waals surface area contributed by atoms with Crippen LogP contribution in [0.1, 0.15) is 33.3 Å². The number of hydrogen-bond donors (Lipinski definition) is 2. The molecule has 0 bridgehead atoms. The molecular weight excluding hydrogens is 324 g/mol. The van der Waals surface area contributed by atoms with E-state index in [-0.39, 0.29) is 41.1 Å². The summed E-state index contributed by atoms with van der Waals surface area (Å²) < 4.78 is 0. The van der Waals surface area contributed by atoms with Crippen molar-refractivity contribution in [3.05, 3.63) is 29.8 Å². The fraction of sp³-hybridized carbons (Fsp3) is 0.500. The number of thioether (sulfide) groups is 1. The first kappa shape index (κ1) is 20.2. The molecule has 0 radical (unpaired) electrons. The van der Waals surface area contributed by atoms with Crippen LogP contribution in [0.3, 0.4) is 0 Å². The number of benzene rings is 1. The highest BCUT2D eigenvalue weighted by Gasteiger charge is 2.17. The molecule has 1 aromatic carbocycles. The lowest BCUT2D eigenvalue weighted by Crippen LogP contribution is -2.35.